The van der Waals surface area contributed by atoms with Crippen molar-refractivity contribution in [3.05, 3.63) is 65.1 Å². The van der Waals surface area contributed by atoms with Gasteiger partial charge in [0.1, 0.15) is 6.10 Å². The number of carbonyl (C=O) groups is 1. The van der Waals surface area contributed by atoms with Gasteiger partial charge in [-0.25, -0.2) is 0 Å². The van der Waals surface area contributed by atoms with Gasteiger partial charge in [0.05, 0.1) is 5.56 Å². The first-order valence-electron chi connectivity index (χ1n) is 9.43. The fraction of sp³-hybridized carbons (Fsp3) is 0.381. The van der Waals surface area contributed by atoms with Gasteiger partial charge in [0.2, 0.25) is 0 Å². The monoisotopic (exact) mass is 364 g/mol. The number of fused-ring (bicyclic) bond motifs is 2. The number of benzene rings is 1. The molecule has 1 unspecified atom stereocenters. The SMILES string of the molecule is CC(C)C(O)c1nnc2ccc(C(=O)N3CCc4ccccc4CC3)cn12. The summed E-state index contributed by atoms with van der Waals surface area (Å²) in [5.74, 6) is 0.488. The molecule has 0 saturated heterocycles. The zero-order valence-electron chi connectivity index (χ0n) is 15.7. The lowest BCUT2D eigenvalue weighted by Crippen LogP contribution is -2.33. The van der Waals surface area contributed by atoms with Crippen molar-refractivity contribution >= 4 is 11.6 Å². The van der Waals surface area contributed by atoms with E-state index < -0.39 is 6.10 Å². The normalized spacial score (nSPS) is 15.6. The van der Waals surface area contributed by atoms with Gasteiger partial charge in [-0.3, -0.25) is 9.20 Å². The Morgan fingerprint density at radius 1 is 1.04 bits per heavy atom. The number of hydrogen-bond acceptors (Lipinski definition) is 4. The van der Waals surface area contributed by atoms with Gasteiger partial charge in [0.25, 0.3) is 5.91 Å². The van der Waals surface area contributed by atoms with E-state index >= 15 is 0 Å². The lowest BCUT2D eigenvalue weighted by atomic mass is 10.0. The zero-order valence-corrected chi connectivity index (χ0v) is 15.7. The number of aliphatic hydroxyl groups excluding tert-OH is 1. The lowest BCUT2D eigenvalue weighted by Gasteiger charge is -2.20. The fourth-order valence-corrected chi connectivity index (χ4v) is 3.59. The number of carbonyl (C=O) groups excluding carboxylic acids is 1. The molecule has 6 heteroatoms. The first-order valence-corrected chi connectivity index (χ1v) is 9.43. The molecule has 4 rings (SSSR count). The molecule has 0 radical (unpaired) electrons. The van der Waals surface area contributed by atoms with E-state index in [9.17, 15) is 9.90 Å². The van der Waals surface area contributed by atoms with Crippen molar-refractivity contribution in [3.63, 3.8) is 0 Å². The third kappa shape index (κ3) is 3.32. The molecule has 0 saturated carbocycles. The molecule has 0 aliphatic carbocycles. The third-order valence-electron chi connectivity index (χ3n) is 5.28. The maximum Gasteiger partial charge on any atom is 0.255 e. The van der Waals surface area contributed by atoms with E-state index in [0.29, 0.717) is 30.1 Å². The number of rotatable bonds is 3. The summed E-state index contributed by atoms with van der Waals surface area (Å²) in [5.41, 5.74) is 3.86. The van der Waals surface area contributed by atoms with Gasteiger partial charge >= 0.3 is 0 Å². The zero-order chi connectivity index (χ0) is 19.0. The van der Waals surface area contributed by atoms with Crippen molar-refractivity contribution in [2.45, 2.75) is 32.8 Å². The van der Waals surface area contributed by atoms with Gasteiger partial charge in [-0.15, -0.1) is 10.2 Å². The Bertz CT molecular complexity index is 952. The van der Waals surface area contributed by atoms with Crippen molar-refractivity contribution in [1.82, 2.24) is 19.5 Å². The summed E-state index contributed by atoms with van der Waals surface area (Å²) in [7, 11) is 0. The first kappa shape index (κ1) is 17.7. The average molecular weight is 364 g/mol. The smallest absolute Gasteiger partial charge is 0.255 e. The Kier molecular flexibility index (Phi) is 4.66. The van der Waals surface area contributed by atoms with Crippen LogP contribution in [0.4, 0.5) is 0 Å². The fourth-order valence-electron chi connectivity index (χ4n) is 3.59. The highest BCUT2D eigenvalue weighted by Crippen LogP contribution is 2.22. The summed E-state index contributed by atoms with van der Waals surface area (Å²) >= 11 is 0. The maximum atomic E-state index is 13.1. The molecule has 3 aromatic rings. The number of hydrogen-bond donors (Lipinski definition) is 1. The summed E-state index contributed by atoms with van der Waals surface area (Å²) in [5, 5.41) is 18.6. The second-order valence-corrected chi connectivity index (χ2v) is 7.45. The Balaban J connectivity index is 1.60. The number of aromatic nitrogens is 3. The molecule has 140 valence electrons. The molecule has 1 aliphatic heterocycles. The molecule has 6 nitrogen and oxygen atoms in total. The van der Waals surface area contributed by atoms with Crippen LogP contribution in [-0.4, -0.2) is 43.6 Å². The van der Waals surface area contributed by atoms with Gasteiger partial charge < -0.3 is 10.0 Å². The van der Waals surface area contributed by atoms with Crippen molar-refractivity contribution in [3.8, 4) is 0 Å². The Morgan fingerprint density at radius 2 is 1.70 bits per heavy atom. The van der Waals surface area contributed by atoms with Crippen LogP contribution in [0.1, 0.15) is 47.3 Å². The second kappa shape index (κ2) is 7.12. The first-order chi connectivity index (χ1) is 13.0. The van der Waals surface area contributed by atoms with Gasteiger partial charge in [-0.05, 0) is 42.0 Å². The Morgan fingerprint density at radius 3 is 2.33 bits per heavy atom. The number of pyridine rings is 1. The average Bonchev–Trinajstić information content (AvgIpc) is 2.98. The standard InChI is InChI=1S/C21H24N4O2/c1-14(2)19(26)20-23-22-18-8-7-17(13-25(18)20)21(27)24-11-9-15-5-3-4-6-16(15)10-12-24/h3-8,13-14,19,26H,9-12H2,1-2H3. The predicted molar refractivity (Wildman–Crippen MR) is 103 cm³/mol. The molecule has 27 heavy (non-hydrogen) atoms. The van der Waals surface area contributed by atoms with Crippen LogP contribution < -0.4 is 0 Å². The largest absolute Gasteiger partial charge is 0.385 e. The summed E-state index contributed by atoms with van der Waals surface area (Å²) in [6, 6.07) is 12.0. The van der Waals surface area contributed by atoms with Crippen molar-refractivity contribution in [1.29, 1.82) is 0 Å². The molecule has 0 fully saturated rings. The highest BCUT2D eigenvalue weighted by Gasteiger charge is 2.22. The van der Waals surface area contributed by atoms with E-state index in [4.69, 9.17) is 0 Å². The molecule has 1 aromatic carbocycles. The van der Waals surface area contributed by atoms with E-state index in [0.717, 1.165) is 12.8 Å². The van der Waals surface area contributed by atoms with Crippen LogP contribution in [-0.2, 0) is 12.8 Å². The van der Waals surface area contributed by atoms with E-state index in [2.05, 4.69) is 34.5 Å². The van der Waals surface area contributed by atoms with Crippen molar-refractivity contribution < 1.29 is 9.90 Å². The van der Waals surface area contributed by atoms with Gasteiger partial charge in [0.15, 0.2) is 11.5 Å². The van der Waals surface area contributed by atoms with Gasteiger partial charge in [0, 0.05) is 19.3 Å². The molecule has 1 atom stereocenters. The Labute approximate surface area is 158 Å². The minimum atomic E-state index is -0.724. The number of nitrogens with zero attached hydrogens (tertiary/aromatic N) is 4. The van der Waals surface area contributed by atoms with Gasteiger partial charge in [-0.2, -0.15) is 0 Å². The predicted octanol–water partition coefficient (Wildman–Crippen LogP) is 2.66. The highest BCUT2D eigenvalue weighted by molar-refractivity contribution is 5.94. The molecule has 1 N–H and O–H groups in total. The number of aliphatic hydroxyl groups is 1. The van der Waals surface area contributed by atoms with E-state index in [1.165, 1.54) is 11.1 Å². The van der Waals surface area contributed by atoms with Crippen LogP contribution in [0.2, 0.25) is 0 Å². The minimum absolute atomic E-state index is 0.00314. The van der Waals surface area contributed by atoms with E-state index in [-0.39, 0.29) is 11.8 Å². The number of amides is 1. The summed E-state index contributed by atoms with van der Waals surface area (Å²) < 4.78 is 1.73. The molecule has 1 aliphatic rings. The van der Waals surface area contributed by atoms with Crippen LogP contribution >= 0.6 is 0 Å². The molecular weight excluding hydrogens is 340 g/mol. The molecule has 1 amide bonds. The molecular formula is C21H24N4O2. The molecule has 3 heterocycles. The van der Waals surface area contributed by atoms with E-state index in [1.54, 1.807) is 22.7 Å². The van der Waals surface area contributed by atoms with Crippen LogP contribution in [0.3, 0.4) is 0 Å². The van der Waals surface area contributed by atoms with Crippen LogP contribution in [0.15, 0.2) is 42.6 Å². The van der Waals surface area contributed by atoms with Crippen LogP contribution in [0.5, 0.6) is 0 Å². The summed E-state index contributed by atoms with van der Waals surface area (Å²) in [6.45, 7) is 5.26. The molecule has 2 aromatic heterocycles. The maximum absolute atomic E-state index is 13.1. The van der Waals surface area contributed by atoms with E-state index in [1.807, 2.05) is 18.7 Å². The van der Waals surface area contributed by atoms with Crippen LogP contribution in [0, 0.1) is 5.92 Å². The second-order valence-electron chi connectivity index (χ2n) is 7.45. The minimum Gasteiger partial charge on any atom is -0.385 e. The van der Waals surface area contributed by atoms with Crippen molar-refractivity contribution in [2.75, 3.05) is 13.1 Å². The van der Waals surface area contributed by atoms with Crippen molar-refractivity contribution in [2.24, 2.45) is 5.92 Å². The lowest BCUT2D eigenvalue weighted by molar-refractivity contribution is 0.0762. The highest BCUT2D eigenvalue weighted by atomic mass is 16.3. The van der Waals surface area contributed by atoms with Gasteiger partial charge in [-0.1, -0.05) is 38.1 Å². The topological polar surface area (TPSA) is 70.7 Å². The summed E-state index contributed by atoms with van der Waals surface area (Å²) in [4.78, 5) is 15.0. The quantitative estimate of drug-likeness (QED) is 0.776. The summed E-state index contributed by atoms with van der Waals surface area (Å²) in [6.07, 6.45) is 2.76. The van der Waals surface area contributed by atoms with Crippen LogP contribution in [0.25, 0.3) is 5.65 Å². The Hall–Kier alpha value is -2.73. The molecule has 0 bridgehead atoms. The third-order valence-corrected chi connectivity index (χ3v) is 5.28. The molecule has 0 spiro atoms.